The zero-order valence-corrected chi connectivity index (χ0v) is 14.0. The Morgan fingerprint density at radius 3 is 2.91 bits per heavy atom. The molecule has 0 saturated carbocycles. The number of methoxy groups -OCH3 is 1. The molecule has 7 heteroatoms. The van der Waals surface area contributed by atoms with Crippen LogP contribution in [0, 0.1) is 5.41 Å². The van der Waals surface area contributed by atoms with Gasteiger partial charge < -0.3 is 15.4 Å². The third-order valence-electron chi connectivity index (χ3n) is 4.47. The number of ether oxygens (including phenoxy) is 1. The fourth-order valence-electron chi connectivity index (χ4n) is 3.16. The molecule has 1 fully saturated rings. The maximum absolute atomic E-state index is 12.5. The minimum absolute atomic E-state index is 0. The Morgan fingerprint density at radius 2 is 2.17 bits per heavy atom. The number of benzene rings is 1. The van der Waals surface area contributed by atoms with Crippen molar-refractivity contribution in [1.82, 2.24) is 20.8 Å². The van der Waals surface area contributed by atoms with Gasteiger partial charge in [-0.3, -0.25) is 9.89 Å². The quantitative estimate of drug-likeness (QED) is 0.775. The number of aromatic nitrogens is 2. The lowest BCUT2D eigenvalue weighted by Crippen LogP contribution is -2.47. The van der Waals surface area contributed by atoms with Gasteiger partial charge in [0.25, 0.3) is 5.91 Å². The van der Waals surface area contributed by atoms with Crippen molar-refractivity contribution in [2.75, 3.05) is 33.4 Å². The van der Waals surface area contributed by atoms with Crippen molar-refractivity contribution in [1.29, 1.82) is 0 Å². The van der Waals surface area contributed by atoms with Crippen LogP contribution in [0.4, 0.5) is 0 Å². The molecule has 1 amide bonds. The third-order valence-corrected chi connectivity index (χ3v) is 4.47. The molecular formula is C16H23ClN4O2. The fraction of sp³-hybridized carbons (Fsp3) is 0.500. The van der Waals surface area contributed by atoms with Gasteiger partial charge in [0.1, 0.15) is 0 Å². The monoisotopic (exact) mass is 338 g/mol. The average Bonchev–Trinajstić information content (AvgIpc) is 3.02. The van der Waals surface area contributed by atoms with Crippen LogP contribution in [-0.4, -0.2) is 49.5 Å². The molecule has 1 aliphatic heterocycles. The summed E-state index contributed by atoms with van der Waals surface area (Å²) < 4.78 is 5.39. The Labute approximate surface area is 141 Å². The Morgan fingerprint density at radius 1 is 1.39 bits per heavy atom. The number of aromatic amines is 1. The summed E-state index contributed by atoms with van der Waals surface area (Å²) in [6, 6.07) is 5.61. The standard InChI is InChI=1S/C16H22N4O2.ClH/c1-22-11-16(5-7-17-8-6-16)10-18-15(21)12-3-2-4-14-13(12)9-19-20-14;/h2-4,9,17H,5-8,10-11H2,1H3,(H,18,21)(H,19,20);1H. The maximum atomic E-state index is 12.5. The topological polar surface area (TPSA) is 79.0 Å². The van der Waals surface area contributed by atoms with E-state index in [-0.39, 0.29) is 23.7 Å². The van der Waals surface area contributed by atoms with Gasteiger partial charge in [0, 0.05) is 24.5 Å². The second kappa shape index (κ2) is 7.77. The van der Waals surface area contributed by atoms with Crippen molar-refractivity contribution in [2.24, 2.45) is 5.41 Å². The minimum Gasteiger partial charge on any atom is -0.384 e. The van der Waals surface area contributed by atoms with Crippen LogP contribution in [0.2, 0.25) is 0 Å². The van der Waals surface area contributed by atoms with Crippen LogP contribution in [0.25, 0.3) is 10.9 Å². The second-order valence-corrected chi connectivity index (χ2v) is 6.00. The first-order valence-corrected chi connectivity index (χ1v) is 7.64. The van der Waals surface area contributed by atoms with Gasteiger partial charge in [-0.05, 0) is 38.1 Å². The van der Waals surface area contributed by atoms with E-state index < -0.39 is 0 Å². The van der Waals surface area contributed by atoms with Crippen molar-refractivity contribution in [3.63, 3.8) is 0 Å². The lowest BCUT2D eigenvalue weighted by Gasteiger charge is -2.37. The highest BCUT2D eigenvalue weighted by atomic mass is 35.5. The van der Waals surface area contributed by atoms with Crippen LogP contribution < -0.4 is 10.6 Å². The first kappa shape index (κ1) is 17.7. The molecule has 1 aromatic carbocycles. The van der Waals surface area contributed by atoms with E-state index in [4.69, 9.17) is 4.74 Å². The first-order chi connectivity index (χ1) is 10.7. The van der Waals surface area contributed by atoms with E-state index in [1.54, 1.807) is 13.3 Å². The lowest BCUT2D eigenvalue weighted by molar-refractivity contribution is 0.0512. The molecule has 1 aliphatic rings. The van der Waals surface area contributed by atoms with Gasteiger partial charge in [0.05, 0.1) is 23.9 Å². The molecule has 0 aliphatic carbocycles. The lowest BCUT2D eigenvalue weighted by atomic mass is 9.79. The molecular weight excluding hydrogens is 316 g/mol. The summed E-state index contributed by atoms with van der Waals surface area (Å²) >= 11 is 0. The summed E-state index contributed by atoms with van der Waals surface area (Å²) in [6.45, 7) is 3.24. The molecule has 126 valence electrons. The van der Waals surface area contributed by atoms with E-state index in [2.05, 4.69) is 20.8 Å². The molecule has 2 heterocycles. The number of nitrogens with zero attached hydrogens (tertiary/aromatic N) is 1. The van der Waals surface area contributed by atoms with Crippen LogP contribution in [0.5, 0.6) is 0 Å². The van der Waals surface area contributed by atoms with Crippen LogP contribution >= 0.6 is 12.4 Å². The normalized spacial score (nSPS) is 16.7. The van der Waals surface area contributed by atoms with E-state index in [1.807, 2.05) is 18.2 Å². The zero-order chi connectivity index (χ0) is 15.4. The summed E-state index contributed by atoms with van der Waals surface area (Å²) in [4.78, 5) is 12.5. The van der Waals surface area contributed by atoms with Gasteiger partial charge in [-0.15, -0.1) is 12.4 Å². The predicted octanol–water partition coefficient (Wildman–Crippen LogP) is 1.73. The molecule has 6 nitrogen and oxygen atoms in total. The van der Waals surface area contributed by atoms with Crippen molar-refractivity contribution < 1.29 is 9.53 Å². The Bertz CT molecular complexity index is 647. The SMILES string of the molecule is COCC1(CNC(=O)c2cccc3[nH]ncc23)CCNCC1.Cl. The molecule has 3 N–H and O–H groups in total. The summed E-state index contributed by atoms with van der Waals surface area (Å²) in [5.41, 5.74) is 1.56. The van der Waals surface area contributed by atoms with Crippen LogP contribution in [-0.2, 0) is 4.74 Å². The third kappa shape index (κ3) is 3.83. The second-order valence-electron chi connectivity index (χ2n) is 6.00. The maximum Gasteiger partial charge on any atom is 0.252 e. The summed E-state index contributed by atoms with van der Waals surface area (Å²) in [6.07, 6.45) is 3.72. The number of carbonyl (C=O) groups excluding carboxylic acids is 1. The highest BCUT2D eigenvalue weighted by Gasteiger charge is 2.32. The Kier molecular flexibility index (Phi) is 5.98. The van der Waals surface area contributed by atoms with Crippen molar-refractivity contribution in [3.8, 4) is 0 Å². The van der Waals surface area contributed by atoms with Gasteiger partial charge in [0.15, 0.2) is 0 Å². The largest absolute Gasteiger partial charge is 0.384 e. The molecule has 1 saturated heterocycles. The summed E-state index contributed by atoms with van der Waals surface area (Å²) in [7, 11) is 1.72. The van der Waals surface area contributed by atoms with Gasteiger partial charge in [-0.1, -0.05) is 6.07 Å². The van der Waals surface area contributed by atoms with Gasteiger partial charge in [-0.25, -0.2) is 0 Å². The predicted molar refractivity (Wildman–Crippen MR) is 92.1 cm³/mol. The van der Waals surface area contributed by atoms with Crippen molar-refractivity contribution >= 4 is 29.2 Å². The number of carbonyl (C=O) groups is 1. The molecule has 2 aromatic rings. The Balaban J connectivity index is 0.00000192. The number of halogens is 1. The molecule has 0 radical (unpaired) electrons. The van der Waals surface area contributed by atoms with Gasteiger partial charge >= 0.3 is 0 Å². The van der Waals surface area contributed by atoms with E-state index in [1.165, 1.54) is 0 Å². The minimum atomic E-state index is -0.0546. The number of hydrogen-bond donors (Lipinski definition) is 3. The molecule has 1 aromatic heterocycles. The molecule has 0 bridgehead atoms. The summed E-state index contributed by atoms with van der Waals surface area (Å²) in [5, 5.41) is 14.2. The number of rotatable bonds is 5. The van der Waals surface area contributed by atoms with E-state index >= 15 is 0 Å². The molecule has 23 heavy (non-hydrogen) atoms. The van der Waals surface area contributed by atoms with Gasteiger partial charge in [-0.2, -0.15) is 5.10 Å². The number of H-pyrrole nitrogens is 1. The molecule has 0 atom stereocenters. The van der Waals surface area contributed by atoms with Gasteiger partial charge in [0.2, 0.25) is 0 Å². The van der Waals surface area contributed by atoms with Crippen molar-refractivity contribution in [3.05, 3.63) is 30.0 Å². The highest BCUT2D eigenvalue weighted by Crippen LogP contribution is 2.28. The number of amides is 1. The first-order valence-electron chi connectivity index (χ1n) is 7.64. The molecule has 3 rings (SSSR count). The van der Waals surface area contributed by atoms with E-state index in [9.17, 15) is 4.79 Å². The average molecular weight is 339 g/mol. The van der Waals surface area contributed by atoms with Crippen LogP contribution in [0.15, 0.2) is 24.4 Å². The smallest absolute Gasteiger partial charge is 0.252 e. The zero-order valence-electron chi connectivity index (χ0n) is 13.2. The number of piperidine rings is 1. The Hall–Kier alpha value is -1.63. The molecule has 0 unspecified atom stereocenters. The number of nitrogens with one attached hydrogen (secondary N) is 3. The number of hydrogen-bond acceptors (Lipinski definition) is 4. The van der Waals surface area contributed by atoms with Crippen LogP contribution in [0.3, 0.4) is 0 Å². The highest BCUT2D eigenvalue weighted by molar-refractivity contribution is 6.06. The van der Waals surface area contributed by atoms with E-state index in [0.29, 0.717) is 18.7 Å². The number of fused-ring (bicyclic) bond motifs is 1. The van der Waals surface area contributed by atoms with Crippen molar-refractivity contribution in [2.45, 2.75) is 12.8 Å². The van der Waals surface area contributed by atoms with E-state index in [0.717, 1.165) is 36.8 Å². The summed E-state index contributed by atoms with van der Waals surface area (Å²) in [5.74, 6) is -0.0546. The van der Waals surface area contributed by atoms with Crippen LogP contribution in [0.1, 0.15) is 23.2 Å². The molecule has 0 spiro atoms. The fourth-order valence-corrected chi connectivity index (χ4v) is 3.16.